The van der Waals surface area contributed by atoms with Crippen LogP contribution in [0.2, 0.25) is 5.02 Å². The van der Waals surface area contributed by atoms with Crippen molar-refractivity contribution in [3.8, 4) is 0 Å². The molecule has 0 bridgehead atoms. The highest BCUT2D eigenvalue weighted by Gasteiger charge is 2.36. The zero-order chi connectivity index (χ0) is 19.6. The minimum atomic E-state index is -1.35. The second-order valence-corrected chi connectivity index (χ2v) is 7.64. The summed E-state index contributed by atoms with van der Waals surface area (Å²) < 4.78 is 10.4. The maximum atomic E-state index is 12.6. The van der Waals surface area contributed by atoms with Crippen molar-refractivity contribution in [3.05, 3.63) is 28.8 Å². The lowest BCUT2D eigenvalue weighted by Gasteiger charge is -2.29. The van der Waals surface area contributed by atoms with Gasteiger partial charge in [0, 0.05) is 0 Å². The van der Waals surface area contributed by atoms with Crippen molar-refractivity contribution < 1.29 is 29.0 Å². The number of imide groups is 1. The zero-order valence-electron chi connectivity index (χ0n) is 15.0. The number of carbonyl (C=O) groups excluding carboxylic acids is 2. The van der Waals surface area contributed by atoms with E-state index in [9.17, 15) is 19.5 Å². The van der Waals surface area contributed by atoms with Gasteiger partial charge in [-0.2, -0.15) is 4.90 Å². The standard InChI is InChI=1S/C17H22ClNO6/c1-16(2,3)24-14(22)19(15(23)25-17(4,5)6)12-10(13(20)21)8-7-9-11(12)18/h7-9H,1-6H3,(H,20,21). The number of carbonyl (C=O) groups is 3. The van der Waals surface area contributed by atoms with Crippen LogP contribution in [0.5, 0.6) is 0 Å². The molecule has 1 rings (SSSR count). The van der Waals surface area contributed by atoms with Gasteiger partial charge in [-0.25, -0.2) is 14.4 Å². The summed E-state index contributed by atoms with van der Waals surface area (Å²) in [5.41, 5.74) is -2.46. The number of nitrogens with zero attached hydrogens (tertiary/aromatic N) is 1. The van der Waals surface area contributed by atoms with Crippen molar-refractivity contribution in [1.29, 1.82) is 0 Å². The van der Waals surface area contributed by atoms with Gasteiger partial charge in [0.1, 0.15) is 11.2 Å². The number of amides is 2. The van der Waals surface area contributed by atoms with Crippen LogP contribution in [-0.2, 0) is 9.47 Å². The Morgan fingerprint density at radius 3 is 1.76 bits per heavy atom. The topological polar surface area (TPSA) is 93.1 Å². The first-order chi connectivity index (χ1) is 11.2. The molecule has 138 valence electrons. The number of aromatic carboxylic acids is 1. The van der Waals surface area contributed by atoms with E-state index in [0.717, 1.165) is 0 Å². The first-order valence-electron chi connectivity index (χ1n) is 7.51. The molecule has 0 radical (unpaired) electrons. The van der Waals surface area contributed by atoms with Crippen LogP contribution in [0.1, 0.15) is 51.9 Å². The molecular weight excluding hydrogens is 350 g/mol. The van der Waals surface area contributed by atoms with Crippen molar-refractivity contribution >= 4 is 35.4 Å². The molecule has 0 atom stereocenters. The monoisotopic (exact) mass is 371 g/mol. The van der Waals surface area contributed by atoms with E-state index in [2.05, 4.69) is 0 Å². The molecule has 0 saturated heterocycles. The molecule has 0 aliphatic heterocycles. The first kappa shape index (κ1) is 20.8. The lowest BCUT2D eigenvalue weighted by Crippen LogP contribution is -2.44. The summed E-state index contributed by atoms with van der Waals surface area (Å²) in [5.74, 6) is -1.35. The third-order valence-corrected chi connectivity index (χ3v) is 2.90. The van der Waals surface area contributed by atoms with Crippen molar-refractivity contribution in [3.63, 3.8) is 0 Å². The smallest absolute Gasteiger partial charge is 0.424 e. The Morgan fingerprint density at radius 2 is 1.40 bits per heavy atom. The molecule has 0 spiro atoms. The highest BCUT2D eigenvalue weighted by Crippen LogP contribution is 2.32. The number of carboxylic acid groups (broad SMARTS) is 1. The average Bonchev–Trinajstić information content (AvgIpc) is 2.36. The SMILES string of the molecule is CC(C)(C)OC(=O)N(C(=O)OC(C)(C)C)c1c(Cl)cccc1C(=O)O. The number of anilines is 1. The summed E-state index contributed by atoms with van der Waals surface area (Å²) in [6, 6.07) is 3.99. The number of ether oxygens (including phenoxy) is 2. The van der Waals surface area contributed by atoms with Crippen LogP contribution in [0.4, 0.5) is 15.3 Å². The average molecular weight is 372 g/mol. The molecule has 1 N–H and O–H groups in total. The molecule has 0 fully saturated rings. The number of benzene rings is 1. The molecule has 0 heterocycles. The summed E-state index contributed by atoms with van der Waals surface area (Å²) in [4.78, 5) is 37.1. The van der Waals surface area contributed by atoms with Gasteiger partial charge in [0.25, 0.3) is 0 Å². The summed E-state index contributed by atoms with van der Waals surface area (Å²) in [5, 5.41) is 9.28. The Labute approximate surface area is 151 Å². The number of hydrogen-bond donors (Lipinski definition) is 1. The van der Waals surface area contributed by atoms with Gasteiger partial charge < -0.3 is 14.6 Å². The van der Waals surface area contributed by atoms with Crippen LogP contribution in [0.25, 0.3) is 0 Å². The number of rotatable bonds is 2. The number of para-hydroxylation sites is 1. The molecule has 0 aromatic heterocycles. The van der Waals surface area contributed by atoms with Gasteiger partial charge in [-0.1, -0.05) is 17.7 Å². The van der Waals surface area contributed by atoms with E-state index in [1.165, 1.54) is 18.2 Å². The predicted octanol–water partition coefficient (Wildman–Crippen LogP) is 4.71. The van der Waals surface area contributed by atoms with E-state index in [1.807, 2.05) is 0 Å². The fourth-order valence-corrected chi connectivity index (χ4v) is 2.05. The van der Waals surface area contributed by atoms with Crippen molar-refractivity contribution in [2.24, 2.45) is 0 Å². The lowest BCUT2D eigenvalue weighted by atomic mass is 10.1. The van der Waals surface area contributed by atoms with Crippen LogP contribution in [0.15, 0.2) is 18.2 Å². The molecule has 0 saturated carbocycles. The molecule has 8 heteroatoms. The fraction of sp³-hybridized carbons (Fsp3) is 0.471. The van der Waals surface area contributed by atoms with E-state index in [-0.39, 0.29) is 16.3 Å². The van der Waals surface area contributed by atoms with Crippen molar-refractivity contribution in [2.75, 3.05) is 4.90 Å². The maximum Gasteiger partial charge on any atom is 0.424 e. The second kappa shape index (κ2) is 7.31. The third kappa shape index (κ3) is 5.94. The Morgan fingerprint density at radius 1 is 0.960 bits per heavy atom. The highest BCUT2D eigenvalue weighted by molar-refractivity contribution is 6.35. The molecule has 7 nitrogen and oxygen atoms in total. The molecular formula is C17H22ClNO6. The van der Waals surface area contributed by atoms with Gasteiger partial charge in [-0.15, -0.1) is 0 Å². The maximum absolute atomic E-state index is 12.6. The summed E-state index contributed by atoms with van der Waals surface area (Å²) >= 11 is 6.08. The number of hydrogen-bond acceptors (Lipinski definition) is 5. The molecule has 1 aromatic rings. The fourth-order valence-electron chi connectivity index (χ4n) is 1.79. The quantitative estimate of drug-likeness (QED) is 0.808. The molecule has 0 aliphatic carbocycles. The molecule has 2 amide bonds. The van der Waals surface area contributed by atoms with Crippen LogP contribution in [-0.4, -0.2) is 34.5 Å². The largest absolute Gasteiger partial charge is 0.478 e. The third-order valence-electron chi connectivity index (χ3n) is 2.59. The number of halogens is 1. The number of carboxylic acids is 1. The Balaban J connectivity index is 3.50. The Bertz CT molecular complexity index is 659. The van der Waals surface area contributed by atoms with E-state index in [1.54, 1.807) is 41.5 Å². The van der Waals surface area contributed by atoms with Crippen LogP contribution in [0, 0.1) is 0 Å². The van der Waals surface area contributed by atoms with E-state index in [4.69, 9.17) is 21.1 Å². The lowest BCUT2D eigenvalue weighted by molar-refractivity contribution is 0.0430. The van der Waals surface area contributed by atoms with Crippen LogP contribution in [0.3, 0.4) is 0 Å². The highest BCUT2D eigenvalue weighted by atomic mass is 35.5. The summed E-state index contributed by atoms with van der Waals surface area (Å²) in [7, 11) is 0. The van der Waals surface area contributed by atoms with E-state index >= 15 is 0 Å². The molecule has 25 heavy (non-hydrogen) atoms. The molecule has 1 aromatic carbocycles. The normalized spacial score (nSPS) is 11.6. The van der Waals surface area contributed by atoms with E-state index in [0.29, 0.717) is 4.90 Å². The summed E-state index contributed by atoms with van der Waals surface area (Å²) in [6.07, 6.45) is -2.17. The van der Waals surface area contributed by atoms with Gasteiger partial charge in [0.2, 0.25) is 0 Å². The van der Waals surface area contributed by atoms with Crippen LogP contribution < -0.4 is 4.90 Å². The Kier molecular flexibility index (Phi) is 6.07. The Hall–Kier alpha value is -2.28. The first-order valence-corrected chi connectivity index (χ1v) is 7.88. The van der Waals surface area contributed by atoms with Gasteiger partial charge in [-0.05, 0) is 53.7 Å². The van der Waals surface area contributed by atoms with Crippen LogP contribution >= 0.6 is 11.6 Å². The van der Waals surface area contributed by atoms with Gasteiger partial charge in [0.15, 0.2) is 0 Å². The van der Waals surface area contributed by atoms with Gasteiger partial charge in [-0.3, -0.25) is 0 Å². The van der Waals surface area contributed by atoms with Gasteiger partial charge >= 0.3 is 18.2 Å². The molecule has 0 unspecified atom stereocenters. The minimum absolute atomic E-state index is 0.100. The van der Waals surface area contributed by atoms with Crippen molar-refractivity contribution in [1.82, 2.24) is 0 Å². The van der Waals surface area contributed by atoms with Gasteiger partial charge in [0.05, 0.1) is 16.3 Å². The minimum Gasteiger partial charge on any atom is -0.478 e. The zero-order valence-corrected chi connectivity index (χ0v) is 15.8. The second-order valence-electron chi connectivity index (χ2n) is 7.24. The van der Waals surface area contributed by atoms with Crippen molar-refractivity contribution in [2.45, 2.75) is 52.7 Å². The summed E-state index contributed by atoms with van der Waals surface area (Å²) in [6.45, 7) is 9.68. The molecule has 0 aliphatic rings. The predicted molar refractivity (Wildman–Crippen MR) is 93.4 cm³/mol. The van der Waals surface area contributed by atoms with E-state index < -0.39 is 29.4 Å².